The molecular weight excluding hydrogens is 522 g/mol. The maximum absolute atomic E-state index is 13.2. The van der Waals surface area contributed by atoms with Gasteiger partial charge >= 0.3 is 0 Å². The minimum atomic E-state index is -0.620. The van der Waals surface area contributed by atoms with Crippen molar-refractivity contribution < 1.29 is 19.4 Å². The van der Waals surface area contributed by atoms with Crippen LogP contribution in [0.1, 0.15) is 20.7 Å². The van der Waals surface area contributed by atoms with Gasteiger partial charge in [0.25, 0.3) is 11.8 Å². The van der Waals surface area contributed by atoms with Crippen LogP contribution in [0.2, 0.25) is 0 Å². The molecule has 0 fully saturated rings. The van der Waals surface area contributed by atoms with E-state index in [9.17, 15) is 19.6 Å². The Morgan fingerprint density at radius 3 is 2.27 bits per heavy atom. The van der Waals surface area contributed by atoms with Gasteiger partial charge in [0.15, 0.2) is 5.75 Å². The predicted molar refractivity (Wildman–Crippen MR) is 157 cm³/mol. The molecule has 0 unspecified atom stereocenters. The van der Waals surface area contributed by atoms with Crippen molar-refractivity contribution in [2.45, 2.75) is 0 Å². The molecule has 0 bridgehead atoms. The molecule has 0 saturated carbocycles. The number of aromatic hydroxyl groups is 1. The Hall–Kier alpha value is -5.90. The number of ether oxygens (including phenoxy) is 1. The summed E-state index contributed by atoms with van der Waals surface area (Å²) in [7, 11) is 1.46. The number of phenols is 1. The highest BCUT2D eigenvalue weighted by atomic mass is 16.5. The second-order valence-corrected chi connectivity index (χ2v) is 8.84. The number of rotatable bonds is 8. The summed E-state index contributed by atoms with van der Waals surface area (Å²) in [4.78, 5) is 36.9. The number of fused-ring (bicyclic) bond motifs is 1. The SMILES string of the molecule is COc1ccc(C(=O)Nc2ccccc2)cc1N=Nc1c(O)c(C(=O)Nc2cccc(N=O)c2)cc2ccccc12. The largest absolute Gasteiger partial charge is 0.505 e. The van der Waals surface area contributed by atoms with Crippen molar-refractivity contribution in [1.82, 2.24) is 0 Å². The van der Waals surface area contributed by atoms with Crippen LogP contribution >= 0.6 is 0 Å². The average molecular weight is 546 g/mol. The molecule has 0 aromatic heterocycles. The van der Waals surface area contributed by atoms with Crippen LogP contribution in [0, 0.1) is 4.91 Å². The number of amides is 2. The highest BCUT2D eigenvalue weighted by molar-refractivity contribution is 6.12. The second-order valence-electron chi connectivity index (χ2n) is 8.84. The van der Waals surface area contributed by atoms with Gasteiger partial charge in [0.1, 0.15) is 22.8 Å². The fraction of sp³-hybridized carbons (Fsp3) is 0.0323. The van der Waals surface area contributed by atoms with Gasteiger partial charge in [-0.05, 0) is 65.2 Å². The molecule has 0 aliphatic carbocycles. The summed E-state index contributed by atoms with van der Waals surface area (Å²) in [6.45, 7) is 0. The lowest BCUT2D eigenvalue weighted by atomic mass is 10.0. The van der Waals surface area contributed by atoms with Gasteiger partial charge < -0.3 is 20.5 Å². The topological polar surface area (TPSA) is 142 Å². The summed E-state index contributed by atoms with van der Waals surface area (Å²) < 4.78 is 5.41. The molecule has 0 radical (unpaired) electrons. The third-order valence-electron chi connectivity index (χ3n) is 6.18. The molecule has 10 nitrogen and oxygen atoms in total. The maximum atomic E-state index is 13.2. The summed E-state index contributed by atoms with van der Waals surface area (Å²) in [6, 6.07) is 28.4. The van der Waals surface area contributed by atoms with E-state index in [2.05, 4.69) is 26.0 Å². The lowest BCUT2D eigenvalue weighted by molar-refractivity contribution is 0.101. The highest BCUT2D eigenvalue weighted by Crippen LogP contribution is 2.40. The number of anilines is 2. The fourth-order valence-corrected chi connectivity index (χ4v) is 4.17. The van der Waals surface area contributed by atoms with Gasteiger partial charge in [-0.1, -0.05) is 48.5 Å². The van der Waals surface area contributed by atoms with Crippen LogP contribution in [-0.4, -0.2) is 24.0 Å². The van der Waals surface area contributed by atoms with E-state index in [0.29, 0.717) is 33.5 Å². The van der Waals surface area contributed by atoms with E-state index in [1.807, 2.05) is 18.2 Å². The monoisotopic (exact) mass is 545 g/mol. The van der Waals surface area contributed by atoms with Crippen LogP contribution in [0.4, 0.5) is 28.4 Å². The molecule has 202 valence electrons. The molecule has 0 aliphatic rings. The molecule has 2 amide bonds. The van der Waals surface area contributed by atoms with Crippen molar-refractivity contribution in [2.24, 2.45) is 15.4 Å². The zero-order chi connectivity index (χ0) is 28.8. The number of phenolic OH excluding ortho intramolecular Hbond substituents is 1. The number of nitrogens with zero attached hydrogens (tertiary/aromatic N) is 3. The minimum Gasteiger partial charge on any atom is -0.505 e. The molecular formula is C31H23N5O5. The Kier molecular flexibility index (Phi) is 7.73. The average Bonchev–Trinajstić information content (AvgIpc) is 3.00. The van der Waals surface area contributed by atoms with Crippen LogP contribution in [0.3, 0.4) is 0 Å². The van der Waals surface area contributed by atoms with Crippen molar-refractivity contribution in [3.63, 3.8) is 0 Å². The van der Waals surface area contributed by atoms with E-state index >= 15 is 0 Å². The summed E-state index contributed by atoms with van der Waals surface area (Å²) in [5.41, 5.74) is 1.68. The van der Waals surface area contributed by atoms with Crippen molar-refractivity contribution in [2.75, 3.05) is 17.7 Å². The van der Waals surface area contributed by atoms with Gasteiger partial charge in [0.2, 0.25) is 0 Å². The zero-order valence-electron chi connectivity index (χ0n) is 21.7. The molecule has 0 aliphatic heterocycles. The van der Waals surface area contributed by atoms with Gasteiger partial charge in [-0.2, -0.15) is 0 Å². The van der Waals surface area contributed by atoms with E-state index in [4.69, 9.17) is 4.74 Å². The lowest BCUT2D eigenvalue weighted by Gasteiger charge is -2.12. The third kappa shape index (κ3) is 5.91. The van der Waals surface area contributed by atoms with Crippen molar-refractivity contribution in [3.05, 3.63) is 119 Å². The van der Waals surface area contributed by atoms with Gasteiger partial charge in [-0.25, -0.2) is 0 Å². The molecule has 5 rings (SSSR count). The van der Waals surface area contributed by atoms with Crippen LogP contribution < -0.4 is 15.4 Å². The Morgan fingerprint density at radius 2 is 1.49 bits per heavy atom. The first-order valence-corrected chi connectivity index (χ1v) is 12.4. The smallest absolute Gasteiger partial charge is 0.259 e. The summed E-state index contributed by atoms with van der Waals surface area (Å²) in [6.07, 6.45) is 0. The van der Waals surface area contributed by atoms with Crippen molar-refractivity contribution in [3.8, 4) is 11.5 Å². The molecule has 5 aromatic rings. The highest BCUT2D eigenvalue weighted by Gasteiger charge is 2.19. The van der Waals surface area contributed by atoms with Gasteiger partial charge in [0.05, 0.1) is 12.7 Å². The van der Waals surface area contributed by atoms with Crippen LogP contribution in [-0.2, 0) is 0 Å². The van der Waals surface area contributed by atoms with Crippen LogP contribution in [0.25, 0.3) is 10.8 Å². The Labute approximate surface area is 234 Å². The lowest BCUT2D eigenvalue weighted by Crippen LogP contribution is -2.12. The number of nitroso groups, excluding NO2 is 1. The molecule has 3 N–H and O–H groups in total. The molecule has 0 atom stereocenters. The maximum Gasteiger partial charge on any atom is 0.259 e. The predicted octanol–water partition coefficient (Wildman–Crippen LogP) is 7.87. The van der Waals surface area contributed by atoms with Gasteiger partial charge in [-0.15, -0.1) is 15.1 Å². The standard InChI is InChI=1S/C31H23N5O5/c1-41-27-15-14-20(30(38)32-21-9-3-2-4-10-21)17-26(27)34-35-28-24-13-6-5-8-19(24)16-25(29(28)37)31(39)33-22-11-7-12-23(18-22)36-40/h2-18,37H,1H3,(H,32,38)(H,33,39). The number of azo groups is 1. The van der Waals surface area contributed by atoms with Crippen molar-refractivity contribution >= 4 is 51.0 Å². The van der Waals surface area contributed by atoms with Gasteiger partial charge in [0, 0.05) is 22.3 Å². The first-order valence-electron chi connectivity index (χ1n) is 12.4. The number of carbonyl (C=O) groups is 2. The molecule has 0 spiro atoms. The molecule has 5 aromatic carbocycles. The van der Waals surface area contributed by atoms with E-state index in [1.165, 1.54) is 31.4 Å². The summed E-state index contributed by atoms with van der Waals surface area (Å²) >= 11 is 0. The summed E-state index contributed by atoms with van der Waals surface area (Å²) in [5, 5.41) is 29.3. The third-order valence-corrected chi connectivity index (χ3v) is 6.18. The number of hydrogen-bond acceptors (Lipinski definition) is 8. The number of carbonyl (C=O) groups excluding carboxylic acids is 2. The Morgan fingerprint density at radius 1 is 0.756 bits per heavy atom. The number of benzene rings is 5. The van der Waals surface area contributed by atoms with E-state index < -0.39 is 11.7 Å². The first-order chi connectivity index (χ1) is 20.0. The number of nitrogens with one attached hydrogen (secondary N) is 2. The molecule has 10 heteroatoms. The fourth-order valence-electron chi connectivity index (χ4n) is 4.17. The molecule has 0 heterocycles. The van der Waals surface area contributed by atoms with E-state index in [-0.39, 0.29) is 28.5 Å². The van der Waals surface area contributed by atoms with Gasteiger partial charge in [-0.3, -0.25) is 9.59 Å². The molecule has 41 heavy (non-hydrogen) atoms. The Balaban J connectivity index is 1.51. The Bertz CT molecular complexity index is 1800. The number of para-hydroxylation sites is 1. The van der Waals surface area contributed by atoms with E-state index in [0.717, 1.165) is 0 Å². The number of hydrogen-bond donors (Lipinski definition) is 3. The first kappa shape index (κ1) is 26.7. The second kappa shape index (κ2) is 11.9. The quantitative estimate of drug-likeness (QED) is 0.134. The van der Waals surface area contributed by atoms with E-state index in [1.54, 1.807) is 60.7 Å². The minimum absolute atomic E-state index is 0.0509. The normalized spacial score (nSPS) is 10.9. The molecule has 0 saturated heterocycles. The van der Waals surface area contributed by atoms with Crippen molar-refractivity contribution in [1.29, 1.82) is 0 Å². The summed E-state index contributed by atoms with van der Waals surface area (Å²) in [5.74, 6) is -1.01. The zero-order valence-corrected chi connectivity index (χ0v) is 21.7. The van der Waals surface area contributed by atoms with Crippen LogP contribution in [0.5, 0.6) is 11.5 Å². The van der Waals surface area contributed by atoms with Crippen LogP contribution in [0.15, 0.2) is 119 Å². The number of methoxy groups -OCH3 is 1.